The van der Waals surface area contributed by atoms with Gasteiger partial charge in [-0.1, -0.05) is 76.2 Å². The summed E-state index contributed by atoms with van der Waals surface area (Å²) >= 11 is 0. The molecule has 0 spiro atoms. The summed E-state index contributed by atoms with van der Waals surface area (Å²) in [6.45, 7) is 9.97. The standard InChI is InChI=1S/C32H37N5O3/c1-5-22-13-10-14-23(6-2)28(22)37-29(26-16-18-36(34-26)19-21(3)4)33-30(38)27(32(37)40)31(39)35-17-15-25(20-35)24-11-8-7-9-12-24/h7-14,16,18,21,25,38H,5-6,15,17,19-20H2,1-4H3/t25-/m1/s1. The van der Waals surface area contributed by atoms with Gasteiger partial charge >= 0.3 is 0 Å². The fourth-order valence-electron chi connectivity index (χ4n) is 5.64. The number of hydrogen-bond acceptors (Lipinski definition) is 5. The van der Waals surface area contributed by atoms with Crippen LogP contribution in [0.25, 0.3) is 17.2 Å². The Morgan fingerprint density at radius 2 is 1.73 bits per heavy atom. The van der Waals surface area contributed by atoms with Gasteiger partial charge in [0.05, 0.1) is 5.69 Å². The normalized spacial score (nSPS) is 15.2. The first-order valence-corrected chi connectivity index (χ1v) is 14.2. The maximum absolute atomic E-state index is 14.3. The van der Waals surface area contributed by atoms with Crippen molar-refractivity contribution in [2.45, 2.75) is 59.4 Å². The molecule has 0 aliphatic carbocycles. The van der Waals surface area contributed by atoms with Crippen LogP contribution in [0.2, 0.25) is 0 Å². The van der Waals surface area contributed by atoms with Crippen molar-refractivity contribution in [1.82, 2.24) is 24.2 Å². The summed E-state index contributed by atoms with van der Waals surface area (Å²) in [6.07, 6.45) is 4.02. The van der Waals surface area contributed by atoms with E-state index >= 15 is 0 Å². The molecule has 8 heteroatoms. The number of aromatic nitrogens is 4. The second kappa shape index (κ2) is 11.5. The number of likely N-dealkylation sites (tertiary alicyclic amines) is 1. The highest BCUT2D eigenvalue weighted by Gasteiger charge is 2.33. The predicted octanol–water partition coefficient (Wildman–Crippen LogP) is 5.21. The van der Waals surface area contributed by atoms with Gasteiger partial charge in [0.15, 0.2) is 11.4 Å². The molecule has 0 saturated carbocycles. The number of rotatable bonds is 8. The molecule has 5 rings (SSSR count). The second-order valence-corrected chi connectivity index (χ2v) is 10.9. The predicted molar refractivity (Wildman–Crippen MR) is 156 cm³/mol. The fraction of sp³-hybridized carbons (Fsp3) is 0.375. The molecule has 0 bridgehead atoms. The molecule has 3 heterocycles. The minimum absolute atomic E-state index is 0.180. The van der Waals surface area contributed by atoms with Gasteiger partial charge in [-0.3, -0.25) is 18.8 Å². The Labute approximate surface area is 234 Å². The number of para-hydroxylation sites is 1. The van der Waals surface area contributed by atoms with E-state index in [1.165, 1.54) is 4.57 Å². The van der Waals surface area contributed by atoms with Gasteiger partial charge < -0.3 is 10.0 Å². The Bertz CT molecular complexity index is 1550. The number of carbonyl (C=O) groups excluding carboxylic acids is 1. The first kappa shape index (κ1) is 27.4. The maximum Gasteiger partial charge on any atom is 0.275 e. The minimum atomic E-state index is -0.579. The van der Waals surface area contributed by atoms with Gasteiger partial charge in [0, 0.05) is 31.7 Å². The van der Waals surface area contributed by atoms with Crippen molar-refractivity contribution in [2.24, 2.45) is 5.92 Å². The number of carbonyl (C=O) groups is 1. The maximum atomic E-state index is 14.3. The third kappa shape index (κ3) is 5.18. The number of hydrogen-bond donors (Lipinski definition) is 1. The Kier molecular flexibility index (Phi) is 7.87. The van der Waals surface area contributed by atoms with E-state index < -0.39 is 17.3 Å². The van der Waals surface area contributed by atoms with Crippen LogP contribution in [0.4, 0.5) is 0 Å². The summed E-state index contributed by atoms with van der Waals surface area (Å²) in [5.41, 5.74) is 3.37. The molecule has 0 unspecified atom stereocenters. The highest BCUT2D eigenvalue weighted by molar-refractivity contribution is 5.96. The molecule has 4 aromatic rings. The lowest BCUT2D eigenvalue weighted by atomic mass is 9.99. The summed E-state index contributed by atoms with van der Waals surface area (Å²) in [4.78, 5) is 34.3. The summed E-state index contributed by atoms with van der Waals surface area (Å²) in [5.74, 6) is -0.273. The van der Waals surface area contributed by atoms with Crippen LogP contribution < -0.4 is 5.56 Å². The zero-order valence-electron chi connectivity index (χ0n) is 23.7. The largest absolute Gasteiger partial charge is 0.493 e. The molecule has 2 aromatic heterocycles. The molecule has 8 nitrogen and oxygen atoms in total. The van der Waals surface area contributed by atoms with Crippen LogP contribution in [0.1, 0.15) is 67.1 Å². The monoisotopic (exact) mass is 539 g/mol. The topological polar surface area (TPSA) is 93.2 Å². The van der Waals surface area contributed by atoms with Crippen LogP contribution in [-0.4, -0.2) is 48.3 Å². The molecule has 2 aromatic carbocycles. The van der Waals surface area contributed by atoms with Crippen LogP contribution in [-0.2, 0) is 19.4 Å². The quantitative estimate of drug-likeness (QED) is 0.332. The SMILES string of the molecule is CCc1cccc(CC)c1-n1c(-c2ccn(CC(C)C)n2)nc(O)c(C(=O)N2CC[C@@H](c3ccccc3)C2)c1=O. The van der Waals surface area contributed by atoms with Crippen molar-refractivity contribution in [1.29, 1.82) is 0 Å². The Hall–Kier alpha value is -4.20. The molecular weight excluding hydrogens is 502 g/mol. The van der Waals surface area contributed by atoms with Crippen LogP contribution >= 0.6 is 0 Å². The van der Waals surface area contributed by atoms with E-state index in [9.17, 15) is 14.7 Å². The summed E-state index contributed by atoms with van der Waals surface area (Å²) in [7, 11) is 0. The second-order valence-electron chi connectivity index (χ2n) is 10.9. The smallest absolute Gasteiger partial charge is 0.275 e. The van der Waals surface area contributed by atoms with Crippen LogP contribution in [0.15, 0.2) is 65.6 Å². The first-order valence-electron chi connectivity index (χ1n) is 14.2. The van der Waals surface area contributed by atoms with E-state index in [-0.39, 0.29) is 17.3 Å². The zero-order chi connectivity index (χ0) is 28.4. The molecule has 1 fully saturated rings. The molecular formula is C32H37N5O3. The molecule has 40 heavy (non-hydrogen) atoms. The van der Waals surface area contributed by atoms with Gasteiger partial charge in [0.25, 0.3) is 11.5 Å². The number of aryl methyl sites for hydroxylation is 2. The molecule has 1 aliphatic rings. The molecule has 208 valence electrons. The van der Waals surface area contributed by atoms with Gasteiger partial charge in [-0.2, -0.15) is 10.1 Å². The molecule has 1 N–H and O–H groups in total. The summed E-state index contributed by atoms with van der Waals surface area (Å²) < 4.78 is 3.31. The highest BCUT2D eigenvalue weighted by Crippen LogP contribution is 2.31. The zero-order valence-corrected chi connectivity index (χ0v) is 23.7. The first-order chi connectivity index (χ1) is 19.3. The third-order valence-electron chi connectivity index (χ3n) is 7.63. The van der Waals surface area contributed by atoms with Crippen molar-refractivity contribution in [3.05, 3.63) is 93.4 Å². The van der Waals surface area contributed by atoms with Crippen molar-refractivity contribution in [3.63, 3.8) is 0 Å². The number of aromatic hydroxyl groups is 1. The van der Waals surface area contributed by atoms with Crippen molar-refractivity contribution in [2.75, 3.05) is 13.1 Å². The molecule has 0 radical (unpaired) electrons. The molecule has 1 amide bonds. The number of benzene rings is 2. The van der Waals surface area contributed by atoms with E-state index in [2.05, 4.69) is 36.1 Å². The van der Waals surface area contributed by atoms with Gasteiger partial charge in [-0.25, -0.2) is 0 Å². The lowest BCUT2D eigenvalue weighted by Crippen LogP contribution is -2.36. The summed E-state index contributed by atoms with van der Waals surface area (Å²) in [5, 5.41) is 15.8. The Morgan fingerprint density at radius 3 is 2.38 bits per heavy atom. The van der Waals surface area contributed by atoms with Crippen LogP contribution in [0.3, 0.4) is 0 Å². The highest BCUT2D eigenvalue weighted by atomic mass is 16.3. The Balaban J connectivity index is 1.65. The van der Waals surface area contributed by atoms with E-state index in [1.807, 2.05) is 61.1 Å². The summed E-state index contributed by atoms with van der Waals surface area (Å²) in [6, 6.07) is 17.8. The average Bonchev–Trinajstić information content (AvgIpc) is 3.63. The van der Waals surface area contributed by atoms with Gasteiger partial charge in [0.1, 0.15) is 5.69 Å². The van der Waals surface area contributed by atoms with Crippen molar-refractivity contribution < 1.29 is 9.90 Å². The van der Waals surface area contributed by atoms with Crippen LogP contribution in [0, 0.1) is 5.92 Å². The lowest BCUT2D eigenvalue weighted by Gasteiger charge is -2.21. The van der Waals surface area contributed by atoms with Gasteiger partial charge in [0.2, 0.25) is 5.88 Å². The molecule has 1 atom stereocenters. The van der Waals surface area contributed by atoms with E-state index in [0.29, 0.717) is 49.8 Å². The van der Waals surface area contributed by atoms with Gasteiger partial charge in [-0.05, 0) is 47.9 Å². The Morgan fingerprint density at radius 1 is 1.02 bits per heavy atom. The van der Waals surface area contributed by atoms with Crippen molar-refractivity contribution >= 4 is 5.91 Å². The number of nitrogens with zero attached hydrogens (tertiary/aromatic N) is 5. The fourth-order valence-corrected chi connectivity index (χ4v) is 5.64. The minimum Gasteiger partial charge on any atom is -0.493 e. The van der Waals surface area contributed by atoms with E-state index in [0.717, 1.165) is 23.1 Å². The van der Waals surface area contributed by atoms with Crippen molar-refractivity contribution in [3.8, 4) is 23.1 Å². The van der Waals surface area contributed by atoms with Crippen LogP contribution in [0.5, 0.6) is 5.88 Å². The van der Waals surface area contributed by atoms with E-state index in [1.54, 1.807) is 11.0 Å². The molecule has 1 saturated heterocycles. The van der Waals surface area contributed by atoms with Gasteiger partial charge in [-0.15, -0.1) is 0 Å². The van der Waals surface area contributed by atoms with E-state index in [4.69, 9.17) is 0 Å². The average molecular weight is 540 g/mol. The molecule has 1 aliphatic heterocycles. The number of amides is 1. The lowest BCUT2D eigenvalue weighted by molar-refractivity contribution is 0.0784. The third-order valence-corrected chi connectivity index (χ3v) is 7.63.